The summed E-state index contributed by atoms with van der Waals surface area (Å²) in [6.45, 7) is 4.94. The van der Waals surface area contributed by atoms with Gasteiger partial charge in [0.2, 0.25) is 0 Å². The first-order valence-electron chi connectivity index (χ1n) is 5.58. The van der Waals surface area contributed by atoms with Crippen molar-refractivity contribution in [2.75, 3.05) is 12.0 Å². The monoisotopic (exact) mass is 260 g/mol. The van der Waals surface area contributed by atoms with Crippen LogP contribution in [0.15, 0.2) is 6.33 Å². The molecule has 1 heterocycles. The number of rotatable bonds is 6. The van der Waals surface area contributed by atoms with Crippen LogP contribution in [0.3, 0.4) is 0 Å². The van der Waals surface area contributed by atoms with Crippen molar-refractivity contribution in [1.29, 1.82) is 0 Å². The molecule has 0 aromatic carbocycles. The molecule has 0 radical (unpaired) electrons. The van der Waals surface area contributed by atoms with E-state index in [4.69, 9.17) is 5.73 Å². The molecule has 1 rings (SSSR count). The van der Waals surface area contributed by atoms with Gasteiger partial charge in [0.1, 0.15) is 22.0 Å². The molecule has 0 saturated carbocycles. The second kappa shape index (κ2) is 5.59. The predicted molar refractivity (Wildman–Crippen MR) is 66.3 cm³/mol. The Bertz CT molecular complexity index is 453. The largest absolute Gasteiger partial charge is 0.326 e. The Hall–Kier alpha value is -0.950. The minimum Gasteiger partial charge on any atom is -0.326 e. The van der Waals surface area contributed by atoms with Crippen LogP contribution in [-0.2, 0) is 22.8 Å². The van der Waals surface area contributed by atoms with Crippen molar-refractivity contribution in [3.8, 4) is 0 Å². The fourth-order valence-corrected chi connectivity index (χ4v) is 2.52. The summed E-state index contributed by atoms with van der Waals surface area (Å²) in [5.41, 5.74) is 5.79. The second-order valence-electron chi connectivity index (χ2n) is 4.81. The van der Waals surface area contributed by atoms with Crippen molar-refractivity contribution in [1.82, 2.24) is 14.8 Å². The molecule has 2 N–H and O–H groups in total. The van der Waals surface area contributed by atoms with Gasteiger partial charge in [-0.3, -0.25) is 0 Å². The average Bonchev–Trinajstić information content (AvgIpc) is 2.47. The summed E-state index contributed by atoms with van der Waals surface area (Å²) in [5.74, 6) is 1.18. The molecule has 1 atom stereocenters. The summed E-state index contributed by atoms with van der Waals surface area (Å²) < 4.78 is 24.0. The lowest BCUT2D eigenvalue weighted by molar-refractivity contribution is 0.460. The Kier molecular flexibility index (Phi) is 4.64. The first kappa shape index (κ1) is 14.1. The molecule has 1 aromatic rings. The van der Waals surface area contributed by atoms with E-state index >= 15 is 0 Å². The Morgan fingerprint density at radius 1 is 1.47 bits per heavy atom. The van der Waals surface area contributed by atoms with Crippen molar-refractivity contribution < 1.29 is 8.42 Å². The summed E-state index contributed by atoms with van der Waals surface area (Å²) >= 11 is 0. The molecule has 0 spiro atoms. The van der Waals surface area contributed by atoms with Crippen LogP contribution in [0.5, 0.6) is 0 Å². The van der Waals surface area contributed by atoms with Gasteiger partial charge in [-0.2, -0.15) is 5.10 Å². The predicted octanol–water partition coefficient (Wildman–Crippen LogP) is -0.151. The van der Waals surface area contributed by atoms with Gasteiger partial charge >= 0.3 is 0 Å². The molecule has 1 unspecified atom stereocenters. The third-order valence-electron chi connectivity index (χ3n) is 2.20. The molecule has 0 aliphatic heterocycles. The molecule has 0 fully saturated rings. The zero-order chi connectivity index (χ0) is 13.1. The van der Waals surface area contributed by atoms with Crippen molar-refractivity contribution >= 4 is 9.84 Å². The number of nitrogens with zero attached hydrogens (tertiary/aromatic N) is 3. The number of hydrogen-bond donors (Lipinski definition) is 1. The van der Waals surface area contributed by atoms with Gasteiger partial charge in [0.15, 0.2) is 0 Å². The number of sulfone groups is 1. The van der Waals surface area contributed by atoms with Gasteiger partial charge in [-0.25, -0.2) is 18.1 Å². The summed E-state index contributed by atoms with van der Waals surface area (Å²) in [4.78, 5) is 4.12. The Balaban J connectivity index is 2.65. The smallest absolute Gasteiger partial charge is 0.148 e. The molecular formula is C10H20N4O2S. The third-order valence-corrected chi connectivity index (χ3v) is 3.23. The minimum absolute atomic E-state index is 0.0263. The molecule has 0 amide bonds. The van der Waals surface area contributed by atoms with E-state index in [2.05, 4.69) is 23.9 Å². The van der Waals surface area contributed by atoms with E-state index in [0.717, 1.165) is 12.4 Å². The summed E-state index contributed by atoms with van der Waals surface area (Å²) in [7, 11) is -3.04. The van der Waals surface area contributed by atoms with Crippen molar-refractivity contribution in [3.05, 3.63) is 12.2 Å². The number of aromatic nitrogens is 3. The number of hydrogen-bond acceptors (Lipinski definition) is 5. The fraction of sp³-hybridized carbons (Fsp3) is 0.800. The van der Waals surface area contributed by atoms with E-state index < -0.39 is 15.9 Å². The van der Waals surface area contributed by atoms with E-state index in [1.807, 2.05) is 0 Å². The second-order valence-corrected chi connectivity index (χ2v) is 6.99. The van der Waals surface area contributed by atoms with Gasteiger partial charge in [0.05, 0.1) is 5.75 Å². The molecule has 7 heteroatoms. The molecule has 0 bridgehead atoms. The lowest BCUT2D eigenvalue weighted by atomic mass is 10.2. The Labute approximate surface area is 102 Å². The maximum atomic E-state index is 11.1. The lowest BCUT2D eigenvalue weighted by Gasteiger charge is -2.12. The number of nitrogens with two attached hydrogens (primary N) is 1. The molecule has 6 nitrogen and oxygen atoms in total. The highest BCUT2D eigenvalue weighted by atomic mass is 32.2. The average molecular weight is 260 g/mol. The van der Waals surface area contributed by atoms with E-state index in [1.54, 1.807) is 4.68 Å². The standard InChI is InChI=1S/C10H20N4O2S/c1-8(2)5-14-10(12-7-13-14)4-9(11)6-17(3,15)16/h7-9H,4-6,11H2,1-3H3. The van der Waals surface area contributed by atoms with E-state index in [0.29, 0.717) is 12.3 Å². The van der Waals surface area contributed by atoms with Crippen LogP contribution in [0, 0.1) is 5.92 Å². The van der Waals surface area contributed by atoms with Crippen LogP contribution >= 0.6 is 0 Å². The zero-order valence-electron chi connectivity index (χ0n) is 10.5. The Morgan fingerprint density at radius 2 is 2.12 bits per heavy atom. The van der Waals surface area contributed by atoms with Gasteiger partial charge in [-0.05, 0) is 5.92 Å². The molecule has 0 aliphatic carbocycles. The van der Waals surface area contributed by atoms with Crippen LogP contribution in [-0.4, -0.2) is 41.2 Å². The third kappa shape index (κ3) is 5.27. The van der Waals surface area contributed by atoms with Crippen LogP contribution in [0.4, 0.5) is 0 Å². The van der Waals surface area contributed by atoms with Crippen LogP contribution < -0.4 is 5.73 Å². The zero-order valence-corrected chi connectivity index (χ0v) is 11.3. The highest BCUT2D eigenvalue weighted by Crippen LogP contribution is 2.04. The van der Waals surface area contributed by atoms with Gasteiger partial charge in [0.25, 0.3) is 0 Å². The topological polar surface area (TPSA) is 90.9 Å². The molecule has 1 aromatic heterocycles. The summed E-state index contributed by atoms with van der Waals surface area (Å²) in [5, 5.41) is 4.11. The molecule has 0 aliphatic rings. The van der Waals surface area contributed by atoms with Crippen molar-refractivity contribution in [3.63, 3.8) is 0 Å². The lowest BCUT2D eigenvalue weighted by Crippen LogP contribution is -2.32. The first-order chi connectivity index (χ1) is 7.78. The quantitative estimate of drug-likeness (QED) is 0.768. The first-order valence-corrected chi connectivity index (χ1v) is 7.64. The van der Waals surface area contributed by atoms with Crippen LogP contribution in [0.2, 0.25) is 0 Å². The van der Waals surface area contributed by atoms with E-state index in [1.165, 1.54) is 12.6 Å². The summed E-state index contributed by atoms with van der Waals surface area (Å²) in [6.07, 6.45) is 3.09. The maximum absolute atomic E-state index is 11.1. The molecule has 98 valence electrons. The molecule has 17 heavy (non-hydrogen) atoms. The molecular weight excluding hydrogens is 240 g/mol. The van der Waals surface area contributed by atoms with Crippen LogP contribution in [0.25, 0.3) is 0 Å². The van der Waals surface area contributed by atoms with Crippen molar-refractivity contribution in [2.45, 2.75) is 32.9 Å². The molecule has 0 saturated heterocycles. The normalized spacial score (nSPS) is 14.2. The van der Waals surface area contributed by atoms with E-state index in [-0.39, 0.29) is 5.75 Å². The fourth-order valence-electron chi connectivity index (χ4n) is 1.63. The highest BCUT2D eigenvalue weighted by molar-refractivity contribution is 7.90. The van der Waals surface area contributed by atoms with Gasteiger partial charge in [-0.15, -0.1) is 0 Å². The van der Waals surface area contributed by atoms with Gasteiger partial charge in [0, 0.05) is 25.3 Å². The SMILES string of the molecule is CC(C)Cn1ncnc1CC(N)CS(C)(=O)=O. The van der Waals surface area contributed by atoms with Gasteiger partial charge < -0.3 is 5.73 Å². The summed E-state index contributed by atoms with van der Waals surface area (Å²) in [6, 6.07) is -0.430. The highest BCUT2D eigenvalue weighted by Gasteiger charge is 2.15. The Morgan fingerprint density at radius 3 is 2.65 bits per heavy atom. The van der Waals surface area contributed by atoms with Gasteiger partial charge in [-0.1, -0.05) is 13.8 Å². The maximum Gasteiger partial charge on any atom is 0.148 e. The van der Waals surface area contributed by atoms with E-state index in [9.17, 15) is 8.42 Å². The van der Waals surface area contributed by atoms with Crippen LogP contribution in [0.1, 0.15) is 19.7 Å². The minimum atomic E-state index is -3.04. The van der Waals surface area contributed by atoms with Crippen molar-refractivity contribution in [2.24, 2.45) is 11.7 Å².